The largest absolute Gasteiger partial charge is 0.392 e. The van der Waals surface area contributed by atoms with Gasteiger partial charge in [0.05, 0.1) is 17.1 Å². The molecule has 1 aliphatic rings. The summed E-state index contributed by atoms with van der Waals surface area (Å²) in [6.07, 6.45) is 5.77. The number of hydrogen-bond donors (Lipinski definition) is 2. The number of aromatic nitrogens is 2. The van der Waals surface area contributed by atoms with E-state index in [1.165, 1.54) is 32.8 Å². The minimum Gasteiger partial charge on any atom is -0.392 e. The fourth-order valence-corrected chi connectivity index (χ4v) is 8.20. The topological polar surface area (TPSA) is 62.4 Å². The van der Waals surface area contributed by atoms with Crippen LogP contribution in [0.4, 0.5) is 0 Å². The van der Waals surface area contributed by atoms with Crippen molar-refractivity contribution in [3.05, 3.63) is 59.7 Å². The Hall–Kier alpha value is -3.19. The summed E-state index contributed by atoms with van der Waals surface area (Å²) in [5.74, 6) is 0.375. The molecule has 0 spiro atoms. The van der Waals surface area contributed by atoms with Crippen molar-refractivity contribution < 1.29 is 9.90 Å². The number of benzene rings is 3. The van der Waals surface area contributed by atoms with E-state index in [9.17, 15) is 9.90 Å². The van der Waals surface area contributed by atoms with Crippen LogP contribution in [0, 0.1) is 5.92 Å². The van der Waals surface area contributed by atoms with Crippen LogP contribution in [0.25, 0.3) is 43.6 Å². The van der Waals surface area contributed by atoms with Crippen molar-refractivity contribution >= 4 is 49.9 Å². The lowest BCUT2D eigenvalue weighted by Crippen LogP contribution is -2.47. The van der Waals surface area contributed by atoms with Crippen molar-refractivity contribution in [2.24, 2.45) is 5.92 Å². The molecule has 46 heavy (non-hydrogen) atoms. The molecule has 0 bridgehead atoms. The van der Waals surface area contributed by atoms with Gasteiger partial charge in [0.25, 0.3) is 0 Å². The minimum atomic E-state index is -0.337. The maximum atomic E-state index is 13.0. The first-order chi connectivity index (χ1) is 22.5. The highest BCUT2D eigenvalue weighted by Crippen LogP contribution is 2.48. The van der Waals surface area contributed by atoms with E-state index in [2.05, 4.69) is 95.7 Å². The molecule has 0 fully saturated rings. The average Bonchev–Trinajstić information content (AvgIpc) is 3.59. The number of aldehydes is 1. The number of nitrogens with zero attached hydrogens (tertiary/aromatic N) is 3. The van der Waals surface area contributed by atoms with Gasteiger partial charge in [-0.1, -0.05) is 97.7 Å². The average molecular weight is 627 g/mol. The Morgan fingerprint density at radius 1 is 0.935 bits per heavy atom. The van der Waals surface area contributed by atoms with Crippen molar-refractivity contribution in [2.45, 2.75) is 112 Å². The molecule has 0 radical (unpaired) electrons. The summed E-state index contributed by atoms with van der Waals surface area (Å²) in [6, 6.07) is 17.9. The molecule has 6 rings (SSSR count). The Morgan fingerprint density at radius 2 is 1.57 bits per heavy atom. The summed E-state index contributed by atoms with van der Waals surface area (Å²) >= 11 is 0. The number of nitrogens with one attached hydrogen (secondary N) is 1. The molecule has 250 valence electrons. The van der Waals surface area contributed by atoms with Gasteiger partial charge in [-0.25, -0.2) is 0 Å². The first-order valence-electron chi connectivity index (χ1n) is 18.0. The van der Waals surface area contributed by atoms with Crippen molar-refractivity contribution in [3.8, 4) is 0 Å². The quantitative estimate of drug-likeness (QED) is 0.143. The lowest BCUT2D eigenvalue weighted by molar-refractivity contribution is 0.0563. The summed E-state index contributed by atoms with van der Waals surface area (Å²) < 4.78 is 5.14. The molecule has 4 unspecified atom stereocenters. The Labute approximate surface area is 276 Å². The zero-order chi connectivity index (χ0) is 33.5. The van der Waals surface area contributed by atoms with Crippen LogP contribution in [0.15, 0.2) is 48.5 Å². The van der Waals surface area contributed by atoms with Gasteiger partial charge in [-0.05, 0) is 57.0 Å². The van der Waals surface area contributed by atoms with Crippen molar-refractivity contribution in [1.29, 1.82) is 0 Å². The number of rotatable bonds is 11. The molecule has 1 aliphatic heterocycles. The number of para-hydroxylation sites is 2. The van der Waals surface area contributed by atoms with Crippen LogP contribution >= 0.6 is 0 Å². The van der Waals surface area contributed by atoms with Crippen LogP contribution in [0.3, 0.4) is 0 Å². The number of aliphatic hydroxyl groups is 1. The van der Waals surface area contributed by atoms with Gasteiger partial charge >= 0.3 is 0 Å². The third-order valence-electron chi connectivity index (χ3n) is 10.0. The SMILES string of the molecule is CC.CC.CCCCC(O)CN(C)C1Cn2c3ccccc3c3c(C=O)c(CNC)c4c5ccccc5n(c4c32)C(CC)C1CC. The standard InChI is InChI=1S/C36H46N4O2.2C2H6/c1-6-9-14-23(42)20-38(5)32-21-39-30-17-12-10-15-25(30)34-28(22-41)27(19-37-4)33-26-16-11-13-18-31(26)40(36(33)35(34)39)29(8-3)24(32)7-2;2*1-2/h10-13,15-18,22-24,29,32,37,42H,6-9,14,19-21H2,1-5H3;2*1-2H3. The maximum Gasteiger partial charge on any atom is 0.151 e. The van der Waals surface area contributed by atoms with Crippen LogP contribution in [-0.4, -0.2) is 58.2 Å². The molecule has 4 atom stereocenters. The predicted molar refractivity (Wildman–Crippen MR) is 198 cm³/mol. The number of carbonyl (C=O) groups is 1. The second kappa shape index (κ2) is 16.1. The zero-order valence-electron chi connectivity index (χ0n) is 29.9. The van der Waals surface area contributed by atoms with Gasteiger partial charge < -0.3 is 19.6 Å². The van der Waals surface area contributed by atoms with E-state index >= 15 is 0 Å². The molecule has 2 N–H and O–H groups in total. The first kappa shape index (κ1) is 35.7. The molecule has 5 aromatic rings. The lowest BCUT2D eigenvalue weighted by atomic mass is 9.85. The fourth-order valence-electron chi connectivity index (χ4n) is 8.20. The van der Waals surface area contributed by atoms with Gasteiger partial charge in [0.1, 0.15) is 0 Å². The van der Waals surface area contributed by atoms with Crippen LogP contribution in [0.1, 0.15) is 103 Å². The smallest absolute Gasteiger partial charge is 0.151 e. The zero-order valence-corrected chi connectivity index (χ0v) is 29.9. The fraction of sp³-hybridized carbons (Fsp3) is 0.525. The molecule has 6 nitrogen and oxygen atoms in total. The van der Waals surface area contributed by atoms with Gasteiger partial charge in [0.2, 0.25) is 0 Å². The van der Waals surface area contributed by atoms with E-state index in [1.54, 1.807) is 0 Å². The Kier molecular flexibility index (Phi) is 12.5. The third kappa shape index (κ3) is 6.00. The first-order valence-corrected chi connectivity index (χ1v) is 18.0. The summed E-state index contributed by atoms with van der Waals surface area (Å²) in [5, 5.41) is 19.0. The van der Waals surface area contributed by atoms with E-state index < -0.39 is 0 Å². The molecule has 3 aromatic carbocycles. The van der Waals surface area contributed by atoms with Gasteiger partial charge in [0, 0.05) is 69.9 Å². The highest BCUT2D eigenvalue weighted by atomic mass is 16.3. The summed E-state index contributed by atoms with van der Waals surface area (Å²) in [5.41, 5.74) is 6.72. The predicted octanol–water partition coefficient (Wildman–Crippen LogP) is 9.33. The highest BCUT2D eigenvalue weighted by molar-refractivity contribution is 6.28. The highest BCUT2D eigenvalue weighted by Gasteiger charge is 2.38. The molecule has 0 saturated heterocycles. The second-order valence-corrected chi connectivity index (χ2v) is 12.4. The number of hydrogen-bond acceptors (Lipinski definition) is 4. The van der Waals surface area contributed by atoms with Crippen molar-refractivity contribution in [2.75, 3.05) is 20.6 Å². The van der Waals surface area contributed by atoms with Crippen LogP contribution in [0.5, 0.6) is 0 Å². The number of fused-ring (bicyclic) bond motifs is 6. The van der Waals surface area contributed by atoms with E-state index in [-0.39, 0.29) is 18.2 Å². The number of aliphatic hydroxyl groups excluding tert-OH is 1. The van der Waals surface area contributed by atoms with Gasteiger partial charge in [0.15, 0.2) is 6.29 Å². The maximum absolute atomic E-state index is 13.0. The molecule has 0 saturated carbocycles. The third-order valence-corrected chi connectivity index (χ3v) is 10.0. The molecule has 6 heteroatoms. The van der Waals surface area contributed by atoms with Crippen molar-refractivity contribution in [1.82, 2.24) is 19.4 Å². The summed E-state index contributed by atoms with van der Waals surface area (Å²) in [4.78, 5) is 15.5. The molecular weight excluding hydrogens is 568 g/mol. The summed E-state index contributed by atoms with van der Waals surface area (Å²) in [7, 11) is 4.17. The van der Waals surface area contributed by atoms with Crippen LogP contribution in [0.2, 0.25) is 0 Å². The second-order valence-electron chi connectivity index (χ2n) is 12.4. The number of carbonyl (C=O) groups excluding carboxylic acids is 1. The molecule has 3 heterocycles. The van der Waals surface area contributed by atoms with Crippen molar-refractivity contribution in [3.63, 3.8) is 0 Å². The molecular formula is C40H58N4O2. The Bertz CT molecular complexity index is 1750. The van der Waals surface area contributed by atoms with Crippen LogP contribution in [-0.2, 0) is 13.1 Å². The number of likely N-dealkylation sites (N-methyl/N-ethyl adjacent to an activating group) is 1. The Morgan fingerprint density at radius 3 is 2.15 bits per heavy atom. The molecule has 2 aromatic heterocycles. The molecule has 0 aliphatic carbocycles. The van der Waals surface area contributed by atoms with E-state index in [0.29, 0.717) is 19.0 Å². The van der Waals surface area contributed by atoms with E-state index in [1.807, 2.05) is 34.7 Å². The number of unbranched alkanes of at least 4 members (excludes halogenated alkanes) is 1. The van der Waals surface area contributed by atoms with Gasteiger partial charge in [-0.15, -0.1) is 0 Å². The monoisotopic (exact) mass is 626 g/mol. The van der Waals surface area contributed by atoms with E-state index in [0.717, 1.165) is 66.8 Å². The molecule has 0 amide bonds. The van der Waals surface area contributed by atoms with Crippen LogP contribution < -0.4 is 5.32 Å². The summed E-state index contributed by atoms with van der Waals surface area (Å²) in [6.45, 7) is 16.9. The van der Waals surface area contributed by atoms with Gasteiger partial charge in [-0.2, -0.15) is 0 Å². The van der Waals surface area contributed by atoms with E-state index in [4.69, 9.17) is 0 Å². The van der Waals surface area contributed by atoms with Gasteiger partial charge in [-0.3, -0.25) is 9.69 Å². The Balaban J connectivity index is 0.00000116. The normalized spacial score (nSPS) is 18.4. The minimum absolute atomic E-state index is 0.219. The lowest BCUT2D eigenvalue weighted by Gasteiger charge is -2.42.